The second kappa shape index (κ2) is 6.60. The van der Waals surface area contributed by atoms with Gasteiger partial charge in [-0.05, 0) is 36.4 Å². The summed E-state index contributed by atoms with van der Waals surface area (Å²) in [6, 6.07) is 10.9. The third kappa shape index (κ3) is 2.95. The molecule has 0 fully saturated rings. The first-order chi connectivity index (χ1) is 12.7. The van der Waals surface area contributed by atoms with E-state index in [-0.39, 0.29) is 5.91 Å². The second-order valence-corrected chi connectivity index (χ2v) is 5.45. The predicted octanol–water partition coefficient (Wildman–Crippen LogP) is 2.68. The maximum Gasteiger partial charge on any atom is 0.258 e. The summed E-state index contributed by atoms with van der Waals surface area (Å²) in [5.41, 5.74) is 2.89. The quantitative estimate of drug-likeness (QED) is 0.588. The zero-order valence-corrected chi connectivity index (χ0v) is 13.8. The summed E-state index contributed by atoms with van der Waals surface area (Å²) in [6.45, 7) is 0. The maximum atomic E-state index is 12.3. The lowest BCUT2D eigenvalue weighted by molar-refractivity contribution is 0.102. The number of amides is 1. The lowest BCUT2D eigenvalue weighted by Gasteiger charge is -2.04. The van der Waals surface area contributed by atoms with Crippen LogP contribution in [0.15, 0.2) is 55.0 Å². The molecule has 8 nitrogen and oxygen atoms in total. The molecule has 128 valence electrons. The van der Waals surface area contributed by atoms with Crippen molar-refractivity contribution in [2.24, 2.45) is 0 Å². The van der Waals surface area contributed by atoms with Crippen LogP contribution in [0.1, 0.15) is 10.4 Å². The monoisotopic (exact) mass is 346 g/mol. The van der Waals surface area contributed by atoms with Crippen molar-refractivity contribution in [3.63, 3.8) is 0 Å². The van der Waals surface area contributed by atoms with Crippen molar-refractivity contribution in [2.45, 2.75) is 0 Å². The Balaban J connectivity index is 1.67. The third-order valence-electron chi connectivity index (χ3n) is 3.81. The third-order valence-corrected chi connectivity index (χ3v) is 3.81. The normalized spacial score (nSPS) is 10.7. The lowest BCUT2D eigenvalue weighted by atomic mass is 10.1. The second-order valence-electron chi connectivity index (χ2n) is 5.45. The van der Waals surface area contributed by atoms with Gasteiger partial charge in [0.05, 0.1) is 24.6 Å². The average molecular weight is 346 g/mol. The van der Waals surface area contributed by atoms with Gasteiger partial charge in [0.25, 0.3) is 5.91 Å². The van der Waals surface area contributed by atoms with Crippen LogP contribution in [0, 0.1) is 0 Å². The van der Waals surface area contributed by atoms with Crippen LogP contribution < -0.4 is 10.1 Å². The van der Waals surface area contributed by atoms with Crippen LogP contribution in [0.2, 0.25) is 0 Å². The molecular formula is C18H14N6O2. The minimum atomic E-state index is -0.305. The molecule has 2 N–H and O–H groups in total. The maximum absolute atomic E-state index is 12.3. The number of ether oxygens (including phenoxy) is 1. The van der Waals surface area contributed by atoms with Crippen molar-refractivity contribution in [2.75, 3.05) is 12.4 Å². The van der Waals surface area contributed by atoms with Crippen molar-refractivity contribution in [1.82, 2.24) is 25.1 Å². The number of hydrogen-bond acceptors (Lipinski definition) is 6. The Kier molecular flexibility index (Phi) is 3.98. The highest BCUT2D eigenvalue weighted by Crippen LogP contribution is 2.24. The zero-order chi connectivity index (χ0) is 17.9. The number of fused-ring (bicyclic) bond motifs is 1. The molecule has 0 radical (unpaired) electrons. The number of nitrogens with one attached hydrogen (secondary N) is 2. The molecule has 4 rings (SSSR count). The van der Waals surface area contributed by atoms with Gasteiger partial charge in [-0.1, -0.05) is 0 Å². The number of anilines is 1. The highest BCUT2D eigenvalue weighted by molar-refractivity contribution is 6.06. The first kappa shape index (κ1) is 15.7. The molecule has 0 unspecified atom stereocenters. The van der Waals surface area contributed by atoms with Crippen molar-refractivity contribution < 1.29 is 9.53 Å². The molecule has 0 saturated carbocycles. The van der Waals surface area contributed by atoms with Crippen molar-refractivity contribution >= 4 is 22.9 Å². The smallest absolute Gasteiger partial charge is 0.258 e. The van der Waals surface area contributed by atoms with E-state index in [2.05, 4.69) is 30.5 Å². The number of H-pyrrole nitrogens is 1. The molecule has 26 heavy (non-hydrogen) atoms. The molecule has 3 aromatic heterocycles. The molecular weight excluding hydrogens is 332 g/mol. The Hall–Kier alpha value is -3.81. The van der Waals surface area contributed by atoms with E-state index >= 15 is 0 Å². The number of methoxy groups -OCH3 is 1. The molecule has 1 aromatic carbocycles. The fraction of sp³-hybridized carbons (Fsp3) is 0.0556. The minimum absolute atomic E-state index is 0.305. The largest absolute Gasteiger partial charge is 0.497 e. The summed E-state index contributed by atoms with van der Waals surface area (Å²) in [4.78, 5) is 25.1. The molecule has 0 aliphatic rings. The summed E-state index contributed by atoms with van der Waals surface area (Å²) < 4.78 is 5.16. The number of hydrogen-bond donors (Lipinski definition) is 2. The highest BCUT2D eigenvalue weighted by Gasteiger charge is 2.14. The van der Waals surface area contributed by atoms with E-state index in [1.807, 2.05) is 24.3 Å². The first-order valence-electron chi connectivity index (χ1n) is 7.81. The topological polar surface area (TPSA) is 106 Å². The fourth-order valence-corrected chi connectivity index (χ4v) is 2.46. The van der Waals surface area contributed by atoms with E-state index in [0.717, 1.165) is 11.3 Å². The predicted molar refractivity (Wildman–Crippen MR) is 95.9 cm³/mol. The van der Waals surface area contributed by atoms with E-state index in [4.69, 9.17) is 4.74 Å². The molecule has 3 heterocycles. The Morgan fingerprint density at radius 1 is 1.15 bits per heavy atom. The molecule has 8 heteroatoms. The number of carbonyl (C=O) groups excluding carboxylic acids is 1. The van der Waals surface area contributed by atoms with Crippen LogP contribution in [0.3, 0.4) is 0 Å². The van der Waals surface area contributed by atoms with Crippen LogP contribution in [-0.4, -0.2) is 38.2 Å². The molecule has 0 spiro atoms. The summed E-state index contributed by atoms with van der Waals surface area (Å²) >= 11 is 0. The van der Waals surface area contributed by atoms with Gasteiger partial charge in [-0.3, -0.25) is 14.9 Å². The van der Waals surface area contributed by atoms with Crippen LogP contribution in [0.25, 0.3) is 22.4 Å². The molecule has 0 bridgehead atoms. The summed E-state index contributed by atoms with van der Waals surface area (Å²) in [6.07, 6.45) is 4.73. The summed E-state index contributed by atoms with van der Waals surface area (Å²) in [5.74, 6) is 0.840. The van der Waals surface area contributed by atoms with Crippen molar-refractivity contribution in [3.05, 3.63) is 60.6 Å². The molecule has 1 amide bonds. The zero-order valence-electron chi connectivity index (χ0n) is 13.8. The number of aromatic nitrogens is 5. The Morgan fingerprint density at radius 3 is 2.73 bits per heavy atom. The fourth-order valence-electron chi connectivity index (χ4n) is 2.46. The Bertz CT molecular complexity index is 1060. The van der Waals surface area contributed by atoms with Crippen molar-refractivity contribution in [3.8, 4) is 17.0 Å². The van der Waals surface area contributed by atoms with Gasteiger partial charge in [0, 0.05) is 18.0 Å². The highest BCUT2D eigenvalue weighted by atomic mass is 16.5. The molecule has 0 aliphatic carbocycles. The van der Waals surface area contributed by atoms with Crippen molar-refractivity contribution in [1.29, 1.82) is 0 Å². The number of rotatable bonds is 4. The van der Waals surface area contributed by atoms with Gasteiger partial charge in [0.15, 0.2) is 11.3 Å². The van der Waals surface area contributed by atoms with Gasteiger partial charge in [0.2, 0.25) is 5.65 Å². The van der Waals surface area contributed by atoms with E-state index in [1.165, 1.54) is 6.20 Å². The number of nitrogens with zero attached hydrogens (tertiary/aromatic N) is 4. The van der Waals surface area contributed by atoms with Gasteiger partial charge in [-0.25, -0.2) is 9.97 Å². The molecule has 0 aliphatic heterocycles. The standard InChI is InChI=1S/C18H14N6O2/c1-26-13-6-4-11(5-7-13)14-10-20-16-15(21-14)17(24-23-16)22-18(25)12-3-2-8-19-9-12/h2-10H,1H3,(H2,20,22,23,24,25). The Morgan fingerprint density at radius 2 is 2.00 bits per heavy atom. The van der Waals surface area contributed by atoms with Gasteiger partial charge < -0.3 is 10.1 Å². The van der Waals surface area contributed by atoms with Crippen LogP contribution in [0.4, 0.5) is 5.82 Å². The van der Waals surface area contributed by atoms with Gasteiger partial charge in [-0.2, -0.15) is 5.10 Å². The minimum Gasteiger partial charge on any atom is -0.497 e. The average Bonchev–Trinajstić information content (AvgIpc) is 3.10. The Labute approximate surface area is 148 Å². The van der Waals surface area contributed by atoms with E-state index in [1.54, 1.807) is 31.6 Å². The number of aromatic amines is 1. The number of carbonyl (C=O) groups is 1. The molecule has 0 saturated heterocycles. The van der Waals surface area contributed by atoms with Gasteiger partial charge >= 0.3 is 0 Å². The van der Waals surface area contributed by atoms with E-state index < -0.39 is 0 Å². The SMILES string of the molecule is COc1ccc(-c2cnc3n[nH]c(NC(=O)c4cccnc4)c3n2)cc1. The molecule has 4 aromatic rings. The lowest BCUT2D eigenvalue weighted by Crippen LogP contribution is -2.12. The van der Waals surface area contributed by atoms with Crippen LogP contribution in [-0.2, 0) is 0 Å². The summed E-state index contributed by atoms with van der Waals surface area (Å²) in [5, 5.41) is 9.60. The number of benzene rings is 1. The summed E-state index contributed by atoms with van der Waals surface area (Å²) in [7, 11) is 1.61. The first-order valence-corrected chi connectivity index (χ1v) is 7.81. The van der Waals surface area contributed by atoms with Crippen LogP contribution >= 0.6 is 0 Å². The van der Waals surface area contributed by atoms with Gasteiger partial charge in [0.1, 0.15) is 5.75 Å². The van der Waals surface area contributed by atoms with Gasteiger partial charge in [-0.15, -0.1) is 0 Å². The van der Waals surface area contributed by atoms with E-state index in [9.17, 15) is 4.79 Å². The molecule has 0 atom stereocenters. The van der Waals surface area contributed by atoms with Crippen LogP contribution in [0.5, 0.6) is 5.75 Å². The van der Waals surface area contributed by atoms with E-state index in [0.29, 0.717) is 28.2 Å². The number of pyridine rings is 1.